The first-order valence-corrected chi connectivity index (χ1v) is 12.7. The molecule has 2 N–H and O–H groups in total. The lowest BCUT2D eigenvalue weighted by Crippen LogP contribution is -2.61. The van der Waals surface area contributed by atoms with Gasteiger partial charge in [0, 0.05) is 46.7 Å². The van der Waals surface area contributed by atoms with E-state index >= 15 is 0 Å². The highest BCUT2D eigenvalue weighted by atomic mass is 35.5. The second kappa shape index (κ2) is 8.45. The molecule has 2 atom stereocenters. The van der Waals surface area contributed by atoms with Crippen LogP contribution in [0.3, 0.4) is 0 Å². The number of aliphatic hydroxyl groups is 1. The Kier molecular flexibility index (Phi) is 5.88. The normalized spacial score (nSPS) is 33.4. The lowest BCUT2D eigenvalue weighted by molar-refractivity contribution is -0.137. The van der Waals surface area contributed by atoms with E-state index < -0.39 is 5.60 Å². The molecule has 2 unspecified atom stereocenters. The van der Waals surface area contributed by atoms with Crippen molar-refractivity contribution in [1.82, 2.24) is 20.0 Å². The Balaban J connectivity index is 1.24. The van der Waals surface area contributed by atoms with Crippen LogP contribution in [-0.2, 0) is 11.8 Å². The lowest BCUT2D eigenvalue weighted by atomic mass is 9.52. The second-order valence-corrected chi connectivity index (χ2v) is 11.5. The van der Waals surface area contributed by atoms with Crippen LogP contribution in [0.25, 0.3) is 0 Å². The molecule has 1 aromatic rings. The predicted molar refractivity (Wildman–Crippen MR) is 126 cm³/mol. The minimum Gasteiger partial charge on any atom is -0.390 e. The van der Waals surface area contributed by atoms with Crippen LogP contribution in [0.5, 0.6) is 0 Å². The predicted octanol–water partition coefficient (Wildman–Crippen LogP) is 2.44. The first-order valence-electron chi connectivity index (χ1n) is 12.4. The van der Waals surface area contributed by atoms with Crippen molar-refractivity contribution in [3.8, 4) is 0 Å². The van der Waals surface area contributed by atoms with Gasteiger partial charge in [-0.3, -0.25) is 14.3 Å². The monoisotopic (exact) mass is 477 g/mol. The van der Waals surface area contributed by atoms with Gasteiger partial charge >= 0.3 is 0 Å². The largest absolute Gasteiger partial charge is 0.390 e. The zero-order valence-electron chi connectivity index (χ0n) is 19.9. The fourth-order valence-corrected chi connectivity index (χ4v) is 7.78. The van der Waals surface area contributed by atoms with Crippen LogP contribution in [0.4, 0.5) is 5.82 Å². The highest BCUT2D eigenvalue weighted by Crippen LogP contribution is 2.55. The van der Waals surface area contributed by atoms with E-state index in [0.717, 1.165) is 70.4 Å². The van der Waals surface area contributed by atoms with Crippen molar-refractivity contribution in [3.63, 3.8) is 0 Å². The lowest BCUT2D eigenvalue weighted by Gasteiger charge is -2.58. The molecule has 2 amide bonds. The third kappa shape index (κ3) is 4.25. The van der Waals surface area contributed by atoms with Gasteiger partial charge in [-0.1, -0.05) is 11.6 Å². The molecule has 1 aliphatic heterocycles. The summed E-state index contributed by atoms with van der Waals surface area (Å²) >= 11 is 6.71. The summed E-state index contributed by atoms with van der Waals surface area (Å²) < 4.78 is 1.70. The number of hydrogen-bond donors (Lipinski definition) is 2. The summed E-state index contributed by atoms with van der Waals surface area (Å²) in [7, 11) is 3.81. The van der Waals surface area contributed by atoms with Gasteiger partial charge in [0.15, 0.2) is 5.69 Å². The van der Waals surface area contributed by atoms with Crippen molar-refractivity contribution in [2.24, 2.45) is 30.7 Å². The summed E-state index contributed by atoms with van der Waals surface area (Å²) in [4.78, 5) is 28.8. The number of halogens is 1. The van der Waals surface area contributed by atoms with Gasteiger partial charge in [0.25, 0.3) is 5.91 Å². The molecule has 5 aliphatic rings. The fourth-order valence-electron chi connectivity index (χ4n) is 7.39. The number of aromatic nitrogens is 2. The number of anilines is 1. The summed E-state index contributed by atoms with van der Waals surface area (Å²) in [6.07, 6.45) is 6.62. The van der Waals surface area contributed by atoms with Gasteiger partial charge in [0.1, 0.15) is 10.8 Å². The van der Waals surface area contributed by atoms with Crippen molar-refractivity contribution < 1.29 is 14.7 Å². The minimum absolute atomic E-state index is 0.0973. The van der Waals surface area contributed by atoms with E-state index in [1.165, 1.54) is 0 Å². The van der Waals surface area contributed by atoms with Gasteiger partial charge < -0.3 is 20.2 Å². The smallest absolute Gasteiger partial charge is 0.273 e. The first kappa shape index (κ1) is 23.0. The molecule has 4 saturated carbocycles. The molecule has 0 aromatic carbocycles. The van der Waals surface area contributed by atoms with E-state index in [2.05, 4.69) is 15.3 Å². The van der Waals surface area contributed by atoms with Crippen molar-refractivity contribution in [1.29, 1.82) is 0 Å². The molecular weight excluding hydrogens is 442 g/mol. The zero-order chi connectivity index (χ0) is 23.5. The molecule has 8 nitrogen and oxygen atoms in total. The summed E-state index contributed by atoms with van der Waals surface area (Å²) in [5.74, 6) is 2.42. The van der Waals surface area contributed by atoms with Crippen LogP contribution >= 0.6 is 11.6 Å². The number of nitrogens with one attached hydrogen (secondary N) is 1. The Morgan fingerprint density at radius 1 is 1.21 bits per heavy atom. The molecule has 9 heteroatoms. The molecule has 1 aromatic heterocycles. The Morgan fingerprint density at radius 3 is 2.42 bits per heavy atom. The minimum atomic E-state index is -0.517. The van der Waals surface area contributed by atoms with Crippen molar-refractivity contribution in [2.45, 2.75) is 63.5 Å². The number of piperidine rings is 1. The van der Waals surface area contributed by atoms with Crippen LogP contribution in [0.1, 0.15) is 62.4 Å². The van der Waals surface area contributed by atoms with Crippen LogP contribution in [0.15, 0.2) is 0 Å². The number of rotatable bonds is 5. The number of carbonyl (C=O) groups excluding carboxylic acids is 2. The summed E-state index contributed by atoms with van der Waals surface area (Å²) in [6.45, 7) is 4.01. The maximum Gasteiger partial charge on any atom is 0.273 e. The first-order chi connectivity index (χ1) is 15.6. The fraction of sp³-hybridized carbons (Fsp3) is 0.792. The zero-order valence-corrected chi connectivity index (χ0v) is 20.6. The Bertz CT molecular complexity index is 925. The Labute approximate surface area is 200 Å². The molecular formula is C24H36ClN5O3. The van der Waals surface area contributed by atoms with E-state index in [-0.39, 0.29) is 23.6 Å². The van der Waals surface area contributed by atoms with Crippen LogP contribution in [0, 0.1) is 23.7 Å². The number of amides is 2. The number of hydrogen-bond acceptors (Lipinski definition) is 5. The molecule has 182 valence electrons. The van der Waals surface area contributed by atoms with Gasteiger partial charge in [-0.05, 0) is 68.6 Å². The number of nitrogens with zero attached hydrogens (tertiary/aromatic N) is 4. The van der Waals surface area contributed by atoms with Gasteiger partial charge in [0.05, 0.1) is 5.60 Å². The van der Waals surface area contributed by atoms with Gasteiger partial charge in [0.2, 0.25) is 5.91 Å². The van der Waals surface area contributed by atoms with Crippen molar-refractivity contribution in [2.75, 3.05) is 31.6 Å². The van der Waals surface area contributed by atoms with E-state index in [1.54, 1.807) is 11.6 Å². The molecule has 4 aliphatic carbocycles. The maximum atomic E-state index is 13.2. The summed E-state index contributed by atoms with van der Waals surface area (Å²) in [5.41, 5.74) is -0.239. The number of aryl methyl sites for hydroxylation is 1. The maximum absolute atomic E-state index is 13.2. The van der Waals surface area contributed by atoms with Gasteiger partial charge in [-0.25, -0.2) is 0 Å². The quantitative estimate of drug-likeness (QED) is 0.679. The van der Waals surface area contributed by atoms with Crippen LogP contribution in [-0.4, -0.2) is 69.9 Å². The molecule has 5 fully saturated rings. The van der Waals surface area contributed by atoms with E-state index in [0.29, 0.717) is 28.7 Å². The molecule has 6 rings (SSSR count). The number of carbonyl (C=O) groups is 2. The van der Waals surface area contributed by atoms with Crippen molar-refractivity contribution >= 4 is 29.2 Å². The van der Waals surface area contributed by atoms with E-state index in [1.807, 2.05) is 19.0 Å². The summed E-state index contributed by atoms with van der Waals surface area (Å²) in [5, 5.41) is 18.9. The number of likely N-dealkylation sites (tertiary alicyclic amines) is 1. The molecule has 33 heavy (non-hydrogen) atoms. The van der Waals surface area contributed by atoms with Gasteiger partial charge in [-0.15, -0.1) is 0 Å². The highest BCUT2D eigenvalue weighted by molar-refractivity contribution is 6.36. The highest BCUT2D eigenvalue weighted by Gasteiger charge is 2.55. The molecule has 0 spiro atoms. The average Bonchev–Trinajstić information content (AvgIpc) is 3.04. The van der Waals surface area contributed by atoms with E-state index in [4.69, 9.17) is 11.6 Å². The molecule has 1 saturated heterocycles. The van der Waals surface area contributed by atoms with Crippen LogP contribution < -0.4 is 10.2 Å². The van der Waals surface area contributed by atoms with E-state index in [9.17, 15) is 14.7 Å². The second-order valence-electron chi connectivity index (χ2n) is 11.1. The molecule has 4 bridgehead atoms. The van der Waals surface area contributed by atoms with Crippen LogP contribution in [0.2, 0.25) is 5.02 Å². The Hall–Kier alpha value is -1.80. The van der Waals surface area contributed by atoms with Crippen molar-refractivity contribution in [3.05, 3.63) is 10.7 Å². The average molecular weight is 478 g/mol. The molecule has 2 heterocycles. The van der Waals surface area contributed by atoms with Gasteiger partial charge in [-0.2, -0.15) is 5.10 Å². The topological polar surface area (TPSA) is 90.7 Å². The Morgan fingerprint density at radius 2 is 1.85 bits per heavy atom. The SMILES string of the molecule is CC(=O)N1CCC(CN(C)c2c(Cl)c(C(=O)N[C@H]3C4CC5CC3C[C@@](O)(C5)C4)nn2C)CC1. The third-order valence-electron chi connectivity index (χ3n) is 8.67. The summed E-state index contributed by atoms with van der Waals surface area (Å²) in [6, 6.07) is 0.0973. The third-order valence-corrected chi connectivity index (χ3v) is 9.02. The standard InChI is InChI=1S/C24H36ClN5O3/c1-14(31)30-6-4-15(5-7-30)13-28(2)23-19(25)21(27-29(23)3)22(32)26-20-17-8-16-9-18(20)12-24(33,10-16)11-17/h15-18,20,33H,4-13H2,1-3H3,(H,26,32)/t16?,17?,18?,20-,24+. The molecule has 0 radical (unpaired) electrons.